The van der Waals surface area contributed by atoms with Crippen molar-refractivity contribution in [2.45, 2.75) is 103 Å². The summed E-state index contributed by atoms with van der Waals surface area (Å²) in [6, 6.07) is 0.604. The first-order chi connectivity index (χ1) is 27.2. The highest BCUT2D eigenvalue weighted by atomic mass is 19.4. The lowest BCUT2D eigenvalue weighted by Gasteiger charge is -2.43. The van der Waals surface area contributed by atoms with Gasteiger partial charge in [-0.3, -0.25) is 9.80 Å². The van der Waals surface area contributed by atoms with Crippen LogP contribution in [0.5, 0.6) is 0 Å². The molecule has 11 nitrogen and oxygen atoms in total. The number of ether oxygens (including phenoxy) is 2. The molecular formula is C38H47F9N8O3. The summed E-state index contributed by atoms with van der Waals surface area (Å²) in [7, 11) is 0. The summed E-state index contributed by atoms with van der Waals surface area (Å²) >= 11 is 0. The van der Waals surface area contributed by atoms with Gasteiger partial charge in [0.05, 0.1) is 47.8 Å². The highest BCUT2D eigenvalue weighted by molar-refractivity contribution is 5.90. The molecule has 3 aromatic rings. The van der Waals surface area contributed by atoms with Crippen LogP contribution in [0.15, 0.2) is 30.3 Å². The van der Waals surface area contributed by atoms with Gasteiger partial charge in [-0.1, -0.05) is 39.2 Å². The molecule has 3 aliphatic rings. The van der Waals surface area contributed by atoms with Crippen LogP contribution in [0.1, 0.15) is 100.0 Å². The zero-order chi connectivity index (χ0) is 42.2. The van der Waals surface area contributed by atoms with E-state index in [2.05, 4.69) is 41.2 Å². The van der Waals surface area contributed by atoms with Crippen LogP contribution in [0.2, 0.25) is 0 Å². The van der Waals surface area contributed by atoms with Gasteiger partial charge in [0.25, 0.3) is 5.95 Å². The van der Waals surface area contributed by atoms with Crippen molar-refractivity contribution in [3.05, 3.63) is 58.4 Å². The minimum atomic E-state index is -5.16. The fourth-order valence-corrected chi connectivity index (χ4v) is 8.29. The Morgan fingerprint density at radius 3 is 2.22 bits per heavy atom. The Hall–Kier alpha value is -4.20. The lowest BCUT2D eigenvalue weighted by molar-refractivity contribution is -0.143. The molecule has 3 unspecified atom stereocenters. The Labute approximate surface area is 329 Å². The first kappa shape index (κ1) is 43.4. The molecule has 58 heavy (non-hydrogen) atoms. The Balaban J connectivity index is 1.46. The van der Waals surface area contributed by atoms with Gasteiger partial charge < -0.3 is 14.4 Å². The molecule has 2 aliphatic heterocycles. The van der Waals surface area contributed by atoms with E-state index in [1.165, 1.54) is 14.6 Å². The van der Waals surface area contributed by atoms with Crippen LogP contribution in [-0.4, -0.2) is 81.7 Å². The fourth-order valence-electron chi connectivity index (χ4n) is 8.29. The molecule has 4 heterocycles. The SMILES string of the molecule is CC[C@@H]1C[C@H](N(Cc2cc(C(F)(F)F)cc(C(F)(F)F)c2)c2nnn(C3CC(C)CCC3C(C)C)n2)c2nc(C(F)(F)F)ccc2N1C(=O)OCCN1CCOCC1. The van der Waals surface area contributed by atoms with Gasteiger partial charge in [0, 0.05) is 32.2 Å². The van der Waals surface area contributed by atoms with E-state index in [0.717, 1.165) is 18.9 Å². The summed E-state index contributed by atoms with van der Waals surface area (Å²) < 4.78 is 138. The number of alkyl halides is 9. The van der Waals surface area contributed by atoms with E-state index < -0.39 is 65.6 Å². The zero-order valence-electron chi connectivity index (χ0n) is 32.5. The van der Waals surface area contributed by atoms with Crippen molar-refractivity contribution >= 4 is 17.7 Å². The Kier molecular flexibility index (Phi) is 12.9. The summed E-state index contributed by atoms with van der Waals surface area (Å²) in [6.45, 7) is 9.80. The molecule has 1 saturated heterocycles. The average molecular weight is 835 g/mol. The topological polar surface area (TPSA) is 102 Å². The molecule has 1 saturated carbocycles. The number of benzene rings is 1. The van der Waals surface area contributed by atoms with Crippen molar-refractivity contribution < 1.29 is 53.8 Å². The van der Waals surface area contributed by atoms with Crippen molar-refractivity contribution in [3.8, 4) is 0 Å². The molecule has 2 fully saturated rings. The molecule has 320 valence electrons. The number of hydrogen-bond donors (Lipinski definition) is 0. The predicted molar refractivity (Wildman–Crippen MR) is 193 cm³/mol. The minimum Gasteiger partial charge on any atom is -0.448 e. The third kappa shape index (κ3) is 9.80. The maximum atomic E-state index is 14.3. The second-order valence-corrected chi connectivity index (χ2v) is 15.7. The molecule has 1 aliphatic carbocycles. The molecule has 1 amide bonds. The highest BCUT2D eigenvalue weighted by Crippen LogP contribution is 2.46. The fraction of sp³-hybridized carbons (Fsp3) is 0.658. The van der Waals surface area contributed by atoms with E-state index in [1.54, 1.807) is 6.92 Å². The maximum absolute atomic E-state index is 14.3. The third-order valence-corrected chi connectivity index (χ3v) is 11.4. The smallest absolute Gasteiger partial charge is 0.433 e. The Morgan fingerprint density at radius 1 is 0.948 bits per heavy atom. The number of nitrogens with zero attached hydrogens (tertiary/aromatic N) is 8. The van der Waals surface area contributed by atoms with E-state index in [9.17, 15) is 44.3 Å². The average Bonchev–Trinajstić information content (AvgIpc) is 3.65. The predicted octanol–water partition coefficient (Wildman–Crippen LogP) is 8.96. The number of amides is 1. The molecular weight excluding hydrogens is 787 g/mol. The standard InChI is InChI=1S/C38H47F9N8O3/c1-5-27-20-31(33-29(8-9-32(48-33)38(45,46)47)54(27)35(56)58-15-12-52-10-13-57-14-11-52)53(21-24-17-25(36(39,40)41)19-26(18-24)37(42,43)44)34-49-51-55(50-34)30-16-23(4)6-7-28(30)22(2)3/h8-9,17-19,22-23,27-28,30-31H,5-7,10-16,20-21H2,1-4H3/t23?,27-,28?,30?,31+/m1/s1. The molecule has 0 N–H and O–H groups in total. The van der Waals surface area contributed by atoms with Gasteiger partial charge in [-0.15, -0.1) is 5.10 Å². The lowest BCUT2D eigenvalue weighted by atomic mass is 9.74. The van der Waals surface area contributed by atoms with Gasteiger partial charge in [-0.05, 0) is 84.5 Å². The Bertz CT molecular complexity index is 1850. The quantitative estimate of drug-likeness (QED) is 0.185. The number of fused-ring (bicyclic) bond motifs is 1. The number of carbonyl (C=O) groups is 1. The number of anilines is 2. The first-order valence-electron chi connectivity index (χ1n) is 19.4. The van der Waals surface area contributed by atoms with Crippen LogP contribution >= 0.6 is 0 Å². The summed E-state index contributed by atoms with van der Waals surface area (Å²) in [5.74, 6) is 0.368. The van der Waals surface area contributed by atoms with Crippen LogP contribution in [0.25, 0.3) is 0 Å². The van der Waals surface area contributed by atoms with Crippen molar-refractivity contribution in [1.82, 2.24) is 30.1 Å². The number of carbonyl (C=O) groups excluding carboxylic acids is 1. The van der Waals surface area contributed by atoms with Crippen LogP contribution < -0.4 is 9.80 Å². The Morgan fingerprint density at radius 2 is 1.62 bits per heavy atom. The lowest BCUT2D eigenvalue weighted by Crippen LogP contribution is -2.49. The number of morpholine rings is 1. The second-order valence-electron chi connectivity index (χ2n) is 15.7. The van der Waals surface area contributed by atoms with Crippen LogP contribution in [0, 0.1) is 17.8 Å². The van der Waals surface area contributed by atoms with E-state index in [0.29, 0.717) is 57.5 Å². The van der Waals surface area contributed by atoms with E-state index in [-0.39, 0.29) is 66.6 Å². The molecule has 0 spiro atoms. The van der Waals surface area contributed by atoms with Gasteiger partial charge in [0.15, 0.2) is 0 Å². The third-order valence-electron chi connectivity index (χ3n) is 11.4. The van der Waals surface area contributed by atoms with Gasteiger partial charge in [0.1, 0.15) is 12.3 Å². The number of aromatic nitrogens is 5. The molecule has 0 bridgehead atoms. The van der Waals surface area contributed by atoms with Gasteiger partial charge in [-0.25, -0.2) is 9.78 Å². The molecule has 2 aromatic heterocycles. The summed E-state index contributed by atoms with van der Waals surface area (Å²) in [5, 5.41) is 13.2. The first-order valence-corrected chi connectivity index (χ1v) is 19.4. The number of rotatable bonds is 10. The summed E-state index contributed by atoms with van der Waals surface area (Å²) in [4.78, 5) is 23.7. The normalized spacial score (nSPS) is 23.6. The van der Waals surface area contributed by atoms with Crippen LogP contribution in [0.4, 0.5) is 55.9 Å². The summed E-state index contributed by atoms with van der Waals surface area (Å²) in [5.41, 5.74) is -5.29. The molecule has 0 radical (unpaired) electrons. The second kappa shape index (κ2) is 17.2. The number of hydrogen-bond acceptors (Lipinski definition) is 9. The molecule has 6 rings (SSSR count). The summed E-state index contributed by atoms with van der Waals surface area (Å²) in [6.07, 6.45) is -13.6. The van der Waals surface area contributed by atoms with Crippen molar-refractivity contribution in [2.24, 2.45) is 17.8 Å². The molecule has 1 aromatic carbocycles. The van der Waals surface area contributed by atoms with E-state index in [1.807, 2.05) is 4.90 Å². The largest absolute Gasteiger partial charge is 0.448 e. The van der Waals surface area contributed by atoms with Crippen LogP contribution in [0.3, 0.4) is 0 Å². The highest BCUT2D eigenvalue weighted by Gasteiger charge is 2.44. The van der Waals surface area contributed by atoms with Gasteiger partial charge >= 0.3 is 24.6 Å². The van der Waals surface area contributed by atoms with Gasteiger partial charge in [0.2, 0.25) is 0 Å². The number of tetrazole rings is 1. The van der Waals surface area contributed by atoms with E-state index in [4.69, 9.17) is 9.47 Å². The van der Waals surface area contributed by atoms with Gasteiger partial charge in [-0.2, -0.15) is 44.3 Å². The maximum Gasteiger partial charge on any atom is 0.433 e. The van der Waals surface area contributed by atoms with Crippen molar-refractivity contribution in [2.75, 3.05) is 49.3 Å². The van der Waals surface area contributed by atoms with Crippen molar-refractivity contribution in [1.29, 1.82) is 0 Å². The number of pyridine rings is 1. The van der Waals surface area contributed by atoms with Crippen LogP contribution in [-0.2, 0) is 34.5 Å². The number of halogens is 9. The monoisotopic (exact) mass is 834 g/mol. The van der Waals surface area contributed by atoms with E-state index >= 15 is 0 Å². The molecule has 20 heteroatoms. The zero-order valence-corrected chi connectivity index (χ0v) is 32.5. The minimum absolute atomic E-state index is 0.00139. The van der Waals surface area contributed by atoms with Crippen molar-refractivity contribution in [3.63, 3.8) is 0 Å². The molecule has 5 atom stereocenters.